The second-order valence-electron chi connectivity index (χ2n) is 5.76. The molecule has 20 heavy (non-hydrogen) atoms. The van der Waals surface area contributed by atoms with Gasteiger partial charge in [0.05, 0.1) is 0 Å². The number of unbranched alkanes of at least 4 members (excludes halogenated alkanes) is 6. The van der Waals surface area contributed by atoms with Crippen LogP contribution < -0.4 is 4.74 Å². The highest BCUT2D eigenvalue weighted by atomic mass is 16.5. The molecule has 2 heteroatoms. The Morgan fingerprint density at radius 1 is 1.10 bits per heavy atom. The van der Waals surface area contributed by atoms with Gasteiger partial charge in [0, 0.05) is 12.8 Å². The zero-order valence-corrected chi connectivity index (χ0v) is 12.6. The summed E-state index contributed by atoms with van der Waals surface area (Å²) in [4.78, 5) is 12.1. The number of benzene rings is 1. The van der Waals surface area contributed by atoms with Crippen LogP contribution in [0.25, 0.3) is 0 Å². The molecule has 0 saturated heterocycles. The van der Waals surface area contributed by atoms with Gasteiger partial charge >= 0.3 is 0 Å². The van der Waals surface area contributed by atoms with Gasteiger partial charge in [0.2, 0.25) is 0 Å². The molecule has 0 saturated carbocycles. The van der Waals surface area contributed by atoms with Crippen molar-refractivity contribution in [3.05, 3.63) is 29.8 Å². The number of Topliss-reactive ketones (excluding diaryl/α,β-unsaturated/α-hetero) is 1. The fourth-order valence-corrected chi connectivity index (χ4v) is 2.78. The highest BCUT2D eigenvalue weighted by Gasteiger charge is 2.27. The molecule has 1 atom stereocenters. The molecule has 0 aliphatic carbocycles. The Morgan fingerprint density at radius 2 is 1.80 bits per heavy atom. The van der Waals surface area contributed by atoms with Gasteiger partial charge in [0.15, 0.2) is 11.9 Å². The van der Waals surface area contributed by atoms with E-state index in [1.54, 1.807) is 0 Å². The average Bonchev–Trinajstić information content (AvgIpc) is 2.90. The Morgan fingerprint density at radius 3 is 2.55 bits per heavy atom. The van der Waals surface area contributed by atoms with Crippen LogP contribution in [0.1, 0.15) is 63.9 Å². The first-order chi connectivity index (χ1) is 9.81. The van der Waals surface area contributed by atoms with E-state index in [4.69, 9.17) is 4.74 Å². The Balaban J connectivity index is 1.60. The zero-order valence-electron chi connectivity index (χ0n) is 12.6. The van der Waals surface area contributed by atoms with Crippen LogP contribution in [0.2, 0.25) is 0 Å². The van der Waals surface area contributed by atoms with Gasteiger partial charge in [0.1, 0.15) is 5.75 Å². The molecule has 1 unspecified atom stereocenters. The topological polar surface area (TPSA) is 26.3 Å². The van der Waals surface area contributed by atoms with E-state index in [2.05, 4.69) is 13.0 Å². The summed E-state index contributed by atoms with van der Waals surface area (Å²) in [5.74, 6) is 1.17. The minimum absolute atomic E-state index is 0.229. The Hall–Kier alpha value is -1.31. The number of rotatable bonds is 9. The maximum atomic E-state index is 12.1. The highest BCUT2D eigenvalue weighted by molar-refractivity contribution is 5.84. The van der Waals surface area contributed by atoms with Crippen LogP contribution in [0, 0.1) is 0 Å². The van der Waals surface area contributed by atoms with E-state index < -0.39 is 0 Å². The minimum Gasteiger partial charge on any atom is -0.482 e. The summed E-state index contributed by atoms with van der Waals surface area (Å²) < 4.78 is 5.73. The van der Waals surface area contributed by atoms with Gasteiger partial charge in [-0.3, -0.25) is 4.79 Å². The second kappa shape index (κ2) is 8.08. The third-order valence-electron chi connectivity index (χ3n) is 4.03. The van der Waals surface area contributed by atoms with Gasteiger partial charge in [0.25, 0.3) is 0 Å². The molecular weight excluding hydrogens is 248 g/mol. The predicted octanol–water partition coefficient (Wildman–Crippen LogP) is 4.70. The lowest BCUT2D eigenvalue weighted by Crippen LogP contribution is -2.24. The molecule has 1 aliphatic rings. The quantitative estimate of drug-likeness (QED) is 0.610. The molecule has 0 radical (unpaired) electrons. The van der Waals surface area contributed by atoms with E-state index >= 15 is 0 Å². The van der Waals surface area contributed by atoms with E-state index in [9.17, 15) is 4.79 Å². The van der Waals surface area contributed by atoms with Crippen LogP contribution in [0.4, 0.5) is 0 Å². The third kappa shape index (κ3) is 4.36. The third-order valence-corrected chi connectivity index (χ3v) is 4.03. The van der Waals surface area contributed by atoms with Crippen LogP contribution in [0.5, 0.6) is 5.75 Å². The van der Waals surface area contributed by atoms with Crippen molar-refractivity contribution < 1.29 is 9.53 Å². The Kier molecular flexibility index (Phi) is 6.10. The lowest BCUT2D eigenvalue weighted by molar-refractivity contribution is -0.125. The molecule has 1 aromatic rings. The molecule has 0 N–H and O–H groups in total. The Bertz CT molecular complexity index is 400. The number of hydrogen-bond acceptors (Lipinski definition) is 2. The smallest absolute Gasteiger partial charge is 0.173 e. The first-order valence-electron chi connectivity index (χ1n) is 8.08. The van der Waals surface area contributed by atoms with Crippen molar-refractivity contribution in [1.29, 1.82) is 0 Å². The first kappa shape index (κ1) is 15.1. The summed E-state index contributed by atoms with van der Waals surface area (Å²) in [6, 6.07) is 7.97. The van der Waals surface area contributed by atoms with Gasteiger partial charge in [-0.2, -0.15) is 0 Å². The van der Waals surface area contributed by atoms with Crippen molar-refractivity contribution in [3.63, 3.8) is 0 Å². The number of ketones is 1. The summed E-state index contributed by atoms with van der Waals surface area (Å²) in [7, 11) is 0. The number of fused-ring (bicyclic) bond motifs is 1. The molecule has 1 aliphatic heterocycles. The maximum absolute atomic E-state index is 12.1. The lowest BCUT2D eigenvalue weighted by atomic mass is 10.0. The Labute approximate surface area is 122 Å². The molecule has 2 rings (SSSR count). The second-order valence-corrected chi connectivity index (χ2v) is 5.76. The molecule has 0 aromatic heterocycles. The molecule has 2 nitrogen and oxygen atoms in total. The van der Waals surface area contributed by atoms with Crippen molar-refractivity contribution in [1.82, 2.24) is 0 Å². The van der Waals surface area contributed by atoms with Gasteiger partial charge in [-0.15, -0.1) is 0 Å². The van der Waals surface area contributed by atoms with E-state index in [0.29, 0.717) is 6.42 Å². The van der Waals surface area contributed by atoms with Crippen molar-refractivity contribution in [3.8, 4) is 5.75 Å². The van der Waals surface area contributed by atoms with Crippen LogP contribution in [-0.2, 0) is 11.2 Å². The normalized spacial score (nSPS) is 16.8. The molecule has 1 heterocycles. The van der Waals surface area contributed by atoms with E-state index in [1.807, 2.05) is 18.2 Å². The van der Waals surface area contributed by atoms with Crippen LogP contribution in [0.15, 0.2) is 24.3 Å². The van der Waals surface area contributed by atoms with Crippen molar-refractivity contribution in [2.75, 3.05) is 0 Å². The summed E-state index contributed by atoms with van der Waals surface area (Å²) in [6.45, 7) is 2.23. The zero-order chi connectivity index (χ0) is 14.2. The van der Waals surface area contributed by atoms with Crippen molar-refractivity contribution in [2.45, 2.75) is 70.8 Å². The van der Waals surface area contributed by atoms with E-state index in [-0.39, 0.29) is 11.9 Å². The van der Waals surface area contributed by atoms with Crippen LogP contribution in [0.3, 0.4) is 0 Å². The number of carbonyl (C=O) groups excluding carboxylic acids is 1. The highest BCUT2D eigenvalue weighted by Crippen LogP contribution is 2.29. The molecule has 110 valence electrons. The molecule has 0 amide bonds. The molecule has 0 bridgehead atoms. The summed E-state index contributed by atoms with van der Waals surface area (Å²) in [5.41, 5.74) is 1.17. The maximum Gasteiger partial charge on any atom is 0.173 e. The predicted molar refractivity (Wildman–Crippen MR) is 82.2 cm³/mol. The number of hydrogen-bond donors (Lipinski definition) is 0. The largest absolute Gasteiger partial charge is 0.482 e. The lowest BCUT2D eigenvalue weighted by Gasteiger charge is -2.09. The number of carbonyl (C=O) groups is 1. The SMILES string of the molecule is CCCCCCCCCC(=O)C1Cc2ccccc2O1. The standard InChI is InChI=1S/C18H26O2/c1-2-3-4-5-6-7-8-12-16(19)18-14-15-11-9-10-13-17(15)20-18/h9-11,13,18H,2-8,12,14H2,1H3. The van der Waals surface area contributed by atoms with Gasteiger partial charge < -0.3 is 4.74 Å². The van der Waals surface area contributed by atoms with Gasteiger partial charge in [-0.1, -0.05) is 63.6 Å². The monoisotopic (exact) mass is 274 g/mol. The van der Waals surface area contributed by atoms with Gasteiger partial charge in [-0.05, 0) is 18.1 Å². The first-order valence-corrected chi connectivity index (χ1v) is 8.08. The molecular formula is C18H26O2. The van der Waals surface area contributed by atoms with Crippen LogP contribution in [-0.4, -0.2) is 11.9 Å². The number of ether oxygens (including phenoxy) is 1. The van der Waals surface area contributed by atoms with E-state index in [1.165, 1.54) is 44.1 Å². The minimum atomic E-state index is -0.229. The molecule has 1 aromatic carbocycles. The van der Waals surface area contributed by atoms with Crippen molar-refractivity contribution >= 4 is 5.78 Å². The fraction of sp³-hybridized carbons (Fsp3) is 0.611. The number of para-hydroxylation sites is 1. The van der Waals surface area contributed by atoms with Crippen LogP contribution >= 0.6 is 0 Å². The fourth-order valence-electron chi connectivity index (χ4n) is 2.78. The molecule has 0 fully saturated rings. The van der Waals surface area contributed by atoms with Gasteiger partial charge in [-0.25, -0.2) is 0 Å². The molecule has 0 spiro atoms. The summed E-state index contributed by atoms with van der Waals surface area (Å²) in [5, 5.41) is 0. The average molecular weight is 274 g/mol. The summed E-state index contributed by atoms with van der Waals surface area (Å²) in [6.07, 6.45) is 9.93. The van der Waals surface area contributed by atoms with Crippen molar-refractivity contribution in [2.24, 2.45) is 0 Å². The van der Waals surface area contributed by atoms with E-state index in [0.717, 1.165) is 18.6 Å². The summed E-state index contributed by atoms with van der Waals surface area (Å²) >= 11 is 0.